The Kier molecular flexibility index (Phi) is 4.97. The molecule has 0 radical (unpaired) electrons. The molecule has 4 aliphatic rings. The number of carbonyl (C=O) groups is 2. The molecule has 3 amide bonds. The molecule has 32 heavy (non-hydrogen) atoms. The maximum Gasteiger partial charge on any atom is 0.501 e. The molecular formula is C22H28N5O4S+. The lowest BCUT2D eigenvalue weighted by atomic mass is 9.85. The van der Waals surface area contributed by atoms with Gasteiger partial charge in [0.2, 0.25) is 10.0 Å². The molecule has 1 unspecified atom stereocenters. The van der Waals surface area contributed by atoms with Crippen LogP contribution in [-0.4, -0.2) is 62.7 Å². The van der Waals surface area contributed by atoms with E-state index in [1.54, 1.807) is 40.9 Å². The third kappa shape index (κ3) is 3.86. The monoisotopic (exact) mass is 458 g/mol. The van der Waals surface area contributed by atoms with E-state index in [0.29, 0.717) is 18.2 Å². The predicted molar refractivity (Wildman–Crippen MR) is 117 cm³/mol. The molecule has 0 aromatic carbocycles. The molecule has 2 heterocycles. The summed E-state index contributed by atoms with van der Waals surface area (Å²) in [4.78, 5) is 27.9. The standard InChI is InChI=1S/C22H28N5O4S/c1-22(8-9-22)24-32(30,31)17-6-7-19-18(10-17)20(28)27(14-16-11-23-25(2)12-16)21(29)26(19)13-15-4-3-5-15/h6-7,10-12,15,17,24H,3-5,8-9,13-14H2,1-2H3/q+1. The van der Waals surface area contributed by atoms with Gasteiger partial charge in [0.25, 0.3) is 0 Å². The number of amides is 3. The van der Waals surface area contributed by atoms with E-state index in [-0.39, 0.29) is 18.1 Å². The van der Waals surface area contributed by atoms with E-state index in [4.69, 9.17) is 0 Å². The molecule has 3 aliphatic carbocycles. The number of urea groups is 1. The van der Waals surface area contributed by atoms with Gasteiger partial charge in [0.1, 0.15) is 23.1 Å². The first-order valence-electron chi connectivity index (χ1n) is 11.1. The average molecular weight is 459 g/mol. The normalized spacial score (nSPS) is 25.0. The van der Waals surface area contributed by atoms with Crippen LogP contribution in [0.5, 0.6) is 0 Å². The van der Waals surface area contributed by atoms with Crippen molar-refractivity contribution >= 4 is 27.7 Å². The zero-order valence-corrected chi connectivity index (χ0v) is 19.1. The summed E-state index contributed by atoms with van der Waals surface area (Å²) in [5.74, 6) is -0.0756. The van der Waals surface area contributed by atoms with Gasteiger partial charge in [0, 0.05) is 24.3 Å². The van der Waals surface area contributed by atoms with Crippen LogP contribution in [0, 0.1) is 5.92 Å². The lowest BCUT2D eigenvalue weighted by Crippen LogP contribution is -2.53. The highest BCUT2D eigenvalue weighted by molar-refractivity contribution is 7.90. The van der Waals surface area contributed by atoms with E-state index in [1.807, 2.05) is 6.92 Å². The van der Waals surface area contributed by atoms with Crippen LogP contribution in [0.25, 0.3) is 0 Å². The van der Waals surface area contributed by atoms with Gasteiger partial charge in [-0.3, -0.25) is 4.68 Å². The van der Waals surface area contributed by atoms with E-state index >= 15 is 0 Å². The summed E-state index contributed by atoms with van der Waals surface area (Å²) in [5, 5.41) is 3.17. The summed E-state index contributed by atoms with van der Waals surface area (Å²) in [7, 11) is -1.91. The molecule has 1 aromatic rings. The molecular weight excluding hydrogens is 430 g/mol. The van der Waals surface area contributed by atoms with E-state index in [1.165, 1.54) is 11.0 Å². The van der Waals surface area contributed by atoms with Crippen LogP contribution in [0.3, 0.4) is 0 Å². The summed E-state index contributed by atoms with van der Waals surface area (Å²) >= 11 is 0. The van der Waals surface area contributed by atoms with Crippen molar-refractivity contribution in [1.82, 2.24) is 19.4 Å². The van der Waals surface area contributed by atoms with Crippen molar-refractivity contribution in [3.05, 3.63) is 41.8 Å². The summed E-state index contributed by atoms with van der Waals surface area (Å²) < 4.78 is 31.9. The first-order chi connectivity index (χ1) is 15.2. The number of sulfonamides is 1. The highest BCUT2D eigenvalue weighted by Gasteiger charge is 2.48. The fraction of sp³-hybridized carbons (Fsp3) is 0.545. The Labute approximate surface area is 187 Å². The maximum absolute atomic E-state index is 13.4. The lowest BCUT2D eigenvalue weighted by molar-refractivity contribution is -0.448. The SMILES string of the molecule is Cn1cc(CN2C(=O)C3=CC(S(=O)(=O)NC4(C)CC4)C=CC3=[N+](CC3CCC3)C2=O)cn1. The van der Waals surface area contributed by atoms with E-state index < -0.39 is 26.7 Å². The van der Waals surface area contributed by atoms with Crippen molar-refractivity contribution in [1.29, 1.82) is 0 Å². The number of aromatic nitrogens is 2. The smallest absolute Gasteiger partial charge is 0.275 e. The summed E-state index contributed by atoms with van der Waals surface area (Å²) in [6.45, 7) is 2.50. The molecule has 170 valence electrons. The third-order valence-electron chi connectivity index (χ3n) is 6.79. The van der Waals surface area contributed by atoms with Crippen molar-refractivity contribution in [2.75, 3.05) is 6.54 Å². The molecule has 0 bridgehead atoms. The Morgan fingerprint density at radius 2 is 2.03 bits per heavy atom. The number of aryl methyl sites for hydroxylation is 1. The average Bonchev–Trinajstić information content (AvgIpc) is 3.27. The zero-order chi connectivity index (χ0) is 22.7. The third-order valence-corrected chi connectivity index (χ3v) is 8.58. The van der Waals surface area contributed by atoms with Crippen LogP contribution in [-0.2, 0) is 28.4 Å². The van der Waals surface area contributed by atoms with Gasteiger partial charge in [-0.15, -0.1) is 0 Å². The fourth-order valence-electron chi connectivity index (χ4n) is 4.36. The second kappa shape index (κ2) is 7.48. The van der Waals surface area contributed by atoms with Crippen LogP contribution in [0.2, 0.25) is 0 Å². The van der Waals surface area contributed by atoms with Crippen LogP contribution < -0.4 is 4.72 Å². The number of imide groups is 1. The van der Waals surface area contributed by atoms with Crippen LogP contribution in [0.1, 0.15) is 44.6 Å². The van der Waals surface area contributed by atoms with Crippen molar-refractivity contribution in [2.45, 2.75) is 56.4 Å². The van der Waals surface area contributed by atoms with E-state index in [2.05, 4.69) is 9.82 Å². The van der Waals surface area contributed by atoms with E-state index in [0.717, 1.165) is 37.7 Å². The molecule has 1 N–H and O–H groups in total. The second-order valence-electron chi connectivity index (χ2n) is 9.60. The minimum Gasteiger partial charge on any atom is -0.275 e. The Morgan fingerprint density at radius 3 is 2.62 bits per heavy atom. The van der Waals surface area contributed by atoms with Crippen molar-refractivity contribution < 1.29 is 22.6 Å². The second-order valence-corrected chi connectivity index (χ2v) is 11.4. The number of allylic oxidation sites excluding steroid dienone is 1. The van der Waals surface area contributed by atoms with Gasteiger partial charge in [-0.2, -0.15) is 19.4 Å². The fourth-order valence-corrected chi connectivity index (χ4v) is 5.99. The van der Waals surface area contributed by atoms with Crippen molar-refractivity contribution in [3.8, 4) is 0 Å². The van der Waals surface area contributed by atoms with E-state index in [9.17, 15) is 18.0 Å². The van der Waals surface area contributed by atoms with Crippen LogP contribution >= 0.6 is 0 Å². The van der Waals surface area contributed by atoms with Gasteiger partial charge in [-0.25, -0.2) is 17.9 Å². The first-order valence-corrected chi connectivity index (χ1v) is 12.6. The van der Waals surface area contributed by atoms with Crippen LogP contribution in [0.15, 0.2) is 36.2 Å². The number of nitrogens with one attached hydrogen (secondary N) is 1. The van der Waals surface area contributed by atoms with Gasteiger partial charge in [0.15, 0.2) is 0 Å². The van der Waals surface area contributed by atoms with Gasteiger partial charge < -0.3 is 0 Å². The molecule has 2 saturated carbocycles. The topological polar surface area (TPSA) is 104 Å². The highest BCUT2D eigenvalue weighted by atomic mass is 32.2. The minimum atomic E-state index is -3.69. The van der Waals surface area contributed by atoms with Gasteiger partial charge >= 0.3 is 11.9 Å². The molecule has 9 nitrogen and oxygen atoms in total. The Bertz CT molecular complexity index is 1180. The molecule has 1 aliphatic heterocycles. The first kappa shape index (κ1) is 21.3. The molecule has 1 aromatic heterocycles. The number of hydrogen-bond acceptors (Lipinski definition) is 5. The maximum atomic E-state index is 13.4. The number of rotatable bonds is 7. The number of carbonyl (C=O) groups excluding carboxylic acids is 2. The Hall–Kier alpha value is -2.59. The highest BCUT2D eigenvalue weighted by Crippen LogP contribution is 2.36. The zero-order valence-electron chi connectivity index (χ0n) is 18.3. The number of fused-ring (bicyclic) bond motifs is 1. The molecule has 2 fully saturated rings. The molecule has 1 atom stereocenters. The Balaban J connectivity index is 1.51. The van der Waals surface area contributed by atoms with Gasteiger partial charge in [-0.1, -0.05) is 12.5 Å². The molecule has 10 heteroatoms. The lowest BCUT2D eigenvalue weighted by Gasteiger charge is -2.30. The largest absolute Gasteiger partial charge is 0.501 e. The van der Waals surface area contributed by atoms with Gasteiger partial charge in [0.05, 0.1) is 12.7 Å². The molecule has 0 saturated heterocycles. The quantitative estimate of drug-likeness (QED) is 0.623. The van der Waals surface area contributed by atoms with Crippen LogP contribution in [0.4, 0.5) is 4.79 Å². The van der Waals surface area contributed by atoms with Crippen molar-refractivity contribution in [3.63, 3.8) is 0 Å². The predicted octanol–water partition coefficient (Wildman–Crippen LogP) is 1.47. The number of nitrogens with zero attached hydrogens (tertiary/aromatic N) is 4. The Morgan fingerprint density at radius 1 is 1.28 bits per heavy atom. The number of hydrogen-bond donors (Lipinski definition) is 1. The summed E-state index contributed by atoms with van der Waals surface area (Å²) in [6.07, 6.45) is 12.9. The minimum absolute atomic E-state index is 0.0920. The van der Waals surface area contributed by atoms with Crippen molar-refractivity contribution in [2.24, 2.45) is 13.0 Å². The molecule has 5 rings (SSSR count). The summed E-state index contributed by atoms with van der Waals surface area (Å²) in [5.41, 5.74) is 1.11. The summed E-state index contributed by atoms with van der Waals surface area (Å²) in [6, 6.07) is -0.368. The molecule has 0 spiro atoms. The van der Waals surface area contributed by atoms with Gasteiger partial charge in [-0.05, 0) is 50.7 Å².